The number of aliphatic carboxylic acids is 2. The topological polar surface area (TPSA) is 185 Å². The van der Waals surface area contributed by atoms with E-state index in [1.54, 1.807) is 48.5 Å². The van der Waals surface area contributed by atoms with Gasteiger partial charge in [0.25, 0.3) is 11.8 Å². The third-order valence-electron chi connectivity index (χ3n) is 2.64. The van der Waals surface area contributed by atoms with Crippen molar-refractivity contribution in [2.24, 2.45) is 11.7 Å². The molecule has 10 nitrogen and oxygen atoms in total. The van der Waals surface area contributed by atoms with Crippen LogP contribution in [0.1, 0.15) is 27.1 Å². The van der Waals surface area contributed by atoms with E-state index < -0.39 is 18.4 Å². The van der Waals surface area contributed by atoms with Crippen molar-refractivity contribution in [1.29, 1.82) is 0 Å². The van der Waals surface area contributed by atoms with Crippen LogP contribution in [0.2, 0.25) is 0 Å². The zero-order valence-electron chi connectivity index (χ0n) is 14.2. The molecule has 27 heavy (non-hydrogen) atoms. The van der Waals surface area contributed by atoms with Crippen LogP contribution in [-0.2, 0) is 9.59 Å². The van der Waals surface area contributed by atoms with Crippen molar-refractivity contribution in [2.75, 3.05) is 0 Å². The van der Waals surface area contributed by atoms with Crippen molar-refractivity contribution in [3.8, 4) is 0 Å². The second-order valence-corrected chi connectivity index (χ2v) is 4.64. The molecule has 2 rings (SSSR count). The highest BCUT2D eigenvalue weighted by atomic mass is 16.4. The SMILES string of the molecule is NNC(=O)c1ccccc1.NNC(=O)c1ccccc1.O=C(O)CC(=O)O. The minimum atomic E-state index is -1.31. The maximum absolute atomic E-state index is 10.8. The quantitative estimate of drug-likeness (QED) is 0.188. The Hall–Kier alpha value is -3.76. The lowest BCUT2D eigenvalue weighted by Crippen LogP contribution is -2.29. The number of nitrogens with two attached hydrogens (primary N) is 2. The van der Waals surface area contributed by atoms with Crippen LogP contribution in [0.3, 0.4) is 0 Å². The maximum atomic E-state index is 10.8. The molecule has 0 atom stereocenters. The van der Waals surface area contributed by atoms with Gasteiger partial charge in [0.05, 0.1) is 0 Å². The molecule has 8 N–H and O–H groups in total. The highest BCUT2D eigenvalue weighted by Crippen LogP contribution is 1.96. The third kappa shape index (κ3) is 11.4. The van der Waals surface area contributed by atoms with Gasteiger partial charge in [-0.1, -0.05) is 36.4 Å². The van der Waals surface area contributed by atoms with E-state index in [0.717, 1.165) is 0 Å². The summed E-state index contributed by atoms with van der Waals surface area (Å²) in [6.45, 7) is 0. The fraction of sp³-hybridized carbons (Fsp3) is 0.0588. The molecule has 0 saturated carbocycles. The van der Waals surface area contributed by atoms with Crippen LogP contribution in [0.5, 0.6) is 0 Å². The van der Waals surface area contributed by atoms with Gasteiger partial charge in [-0.15, -0.1) is 0 Å². The number of nitrogens with one attached hydrogen (secondary N) is 2. The molecule has 10 heteroatoms. The number of carbonyl (C=O) groups is 4. The predicted octanol–water partition coefficient (Wildman–Crippen LogP) is 0.126. The van der Waals surface area contributed by atoms with E-state index in [-0.39, 0.29) is 11.8 Å². The minimum Gasteiger partial charge on any atom is -0.481 e. The Labute approximate surface area is 154 Å². The molecule has 0 saturated heterocycles. The van der Waals surface area contributed by atoms with Crippen LogP contribution in [0, 0.1) is 0 Å². The monoisotopic (exact) mass is 376 g/mol. The summed E-state index contributed by atoms with van der Waals surface area (Å²) in [5.74, 6) is 6.66. The van der Waals surface area contributed by atoms with E-state index in [2.05, 4.69) is 0 Å². The summed E-state index contributed by atoms with van der Waals surface area (Å²) >= 11 is 0. The van der Waals surface area contributed by atoms with Gasteiger partial charge in [-0.25, -0.2) is 11.7 Å². The van der Waals surface area contributed by atoms with Crippen LogP contribution in [0.4, 0.5) is 0 Å². The van der Waals surface area contributed by atoms with Crippen LogP contribution < -0.4 is 22.5 Å². The van der Waals surface area contributed by atoms with Crippen molar-refractivity contribution in [3.05, 3.63) is 71.8 Å². The molecule has 0 bridgehead atoms. The number of hydrogen-bond donors (Lipinski definition) is 6. The summed E-state index contributed by atoms with van der Waals surface area (Å²) in [5.41, 5.74) is 5.23. The Balaban J connectivity index is 0.000000384. The van der Waals surface area contributed by atoms with E-state index in [9.17, 15) is 19.2 Å². The molecular weight excluding hydrogens is 356 g/mol. The number of benzene rings is 2. The highest BCUT2D eigenvalue weighted by molar-refractivity contribution is 5.94. The van der Waals surface area contributed by atoms with Crippen LogP contribution >= 0.6 is 0 Å². The molecule has 0 aliphatic rings. The van der Waals surface area contributed by atoms with Crippen molar-refractivity contribution in [3.63, 3.8) is 0 Å². The Bertz CT molecular complexity index is 674. The lowest BCUT2D eigenvalue weighted by atomic mass is 10.2. The molecule has 2 amide bonds. The smallest absolute Gasteiger partial charge is 0.314 e. The summed E-state index contributed by atoms with van der Waals surface area (Å²) in [6.07, 6.45) is -0.806. The highest BCUT2D eigenvalue weighted by Gasteiger charge is 2.01. The molecule has 2 aromatic rings. The third-order valence-corrected chi connectivity index (χ3v) is 2.64. The second-order valence-electron chi connectivity index (χ2n) is 4.64. The fourth-order valence-electron chi connectivity index (χ4n) is 1.48. The van der Waals surface area contributed by atoms with Gasteiger partial charge in [0.1, 0.15) is 6.42 Å². The van der Waals surface area contributed by atoms with Gasteiger partial charge in [0.2, 0.25) is 0 Å². The van der Waals surface area contributed by atoms with Crippen molar-refractivity contribution in [1.82, 2.24) is 10.9 Å². The second kappa shape index (κ2) is 13.5. The largest absolute Gasteiger partial charge is 0.481 e. The summed E-state index contributed by atoms with van der Waals surface area (Å²) < 4.78 is 0. The molecule has 0 radical (unpaired) electrons. The summed E-state index contributed by atoms with van der Waals surface area (Å²) in [4.78, 5) is 40.4. The Morgan fingerprint density at radius 3 is 1.15 bits per heavy atom. The minimum absolute atomic E-state index is 0.263. The molecule has 0 fully saturated rings. The average molecular weight is 376 g/mol. The summed E-state index contributed by atoms with van der Waals surface area (Å²) in [6, 6.07) is 17.6. The maximum Gasteiger partial charge on any atom is 0.314 e. The van der Waals surface area contributed by atoms with Gasteiger partial charge >= 0.3 is 11.9 Å². The Morgan fingerprint density at radius 1 is 0.667 bits per heavy atom. The van der Waals surface area contributed by atoms with E-state index in [0.29, 0.717) is 11.1 Å². The van der Waals surface area contributed by atoms with Crippen molar-refractivity contribution in [2.45, 2.75) is 6.42 Å². The summed E-state index contributed by atoms with van der Waals surface area (Å²) in [7, 11) is 0. The number of rotatable bonds is 4. The van der Waals surface area contributed by atoms with Gasteiger partial charge < -0.3 is 10.2 Å². The lowest BCUT2D eigenvalue weighted by molar-refractivity contribution is -0.147. The fourth-order valence-corrected chi connectivity index (χ4v) is 1.48. The van der Waals surface area contributed by atoms with Gasteiger partial charge in [0, 0.05) is 11.1 Å². The first-order valence-corrected chi connectivity index (χ1v) is 7.37. The van der Waals surface area contributed by atoms with Gasteiger partial charge in [-0.3, -0.25) is 30.0 Å². The van der Waals surface area contributed by atoms with Crippen LogP contribution in [-0.4, -0.2) is 34.0 Å². The van der Waals surface area contributed by atoms with E-state index in [1.807, 2.05) is 23.0 Å². The number of carboxylic acids is 2. The first-order valence-electron chi connectivity index (χ1n) is 7.37. The van der Waals surface area contributed by atoms with Crippen molar-refractivity contribution < 1.29 is 29.4 Å². The molecule has 0 unspecified atom stereocenters. The number of hydrazine groups is 2. The van der Waals surface area contributed by atoms with Gasteiger partial charge in [0.15, 0.2) is 0 Å². The molecule has 0 aliphatic heterocycles. The molecule has 0 aliphatic carbocycles. The Morgan fingerprint density at radius 2 is 0.963 bits per heavy atom. The summed E-state index contributed by atoms with van der Waals surface area (Å²) in [5, 5.41) is 15.4. The molecule has 2 aromatic carbocycles. The molecule has 0 heterocycles. The van der Waals surface area contributed by atoms with Gasteiger partial charge in [-0.05, 0) is 24.3 Å². The van der Waals surface area contributed by atoms with E-state index in [1.165, 1.54) is 0 Å². The Kier molecular flexibility index (Phi) is 11.6. The van der Waals surface area contributed by atoms with Crippen LogP contribution in [0.25, 0.3) is 0 Å². The number of carbonyl (C=O) groups excluding carboxylic acids is 2. The molecule has 0 spiro atoms. The first-order chi connectivity index (χ1) is 12.8. The molecular formula is C17H20N4O6. The molecule has 0 aromatic heterocycles. The predicted molar refractivity (Wildman–Crippen MR) is 96.1 cm³/mol. The molecule has 144 valence electrons. The number of nitrogen functional groups attached to an aromatic ring is 2. The number of hydrogen-bond acceptors (Lipinski definition) is 6. The van der Waals surface area contributed by atoms with E-state index in [4.69, 9.17) is 21.9 Å². The normalized spacial score (nSPS) is 8.67. The number of carboxylic acid groups (broad SMARTS) is 2. The van der Waals surface area contributed by atoms with Crippen LogP contribution in [0.15, 0.2) is 60.7 Å². The standard InChI is InChI=1S/2C7H8N2O.C3H4O4/c2*8-9-7(10)6-4-2-1-3-5-6;4-2(5)1-3(6)7/h2*1-5H,8H2,(H,9,10);1H2,(H,4,5)(H,6,7). The van der Waals surface area contributed by atoms with Gasteiger partial charge in [-0.2, -0.15) is 0 Å². The lowest BCUT2D eigenvalue weighted by Gasteiger charge is -1.95. The zero-order chi connectivity index (χ0) is 20.7. The van der Waals surface area contributed by atoms with Crippen molar-refractivity contribution >= 4 is 23.8 Å². The zero-order valence-corrected chi connectivity index (χ0v) is 14.2. The van der Waals surface area contributed by atoms with E-state index >= 15 is 0 Å². The first kappa shape index (κ1) is 23.2. The number of amides is 2. The average Bonchev–Trinajstić information content (AvgIpc) is 2.68.